The van der Waals surface area contributed by atoms with Crippen molar-refractivity contribution in [2.24, 2.45) is 7.05 Å². The summed E-state index contributed by atoms with van der Waals surface area (Å²) in [7, 11) is -1.74. The molecule has 1 aliphatic rings. The van der Waals surface area contributed by atoms with Crippen molar-refractivity contribution in [2.75, 3.05) is 12.4 Å². The molecular weight excluding hydrogens is 286 g/mol. The maximum atomic E-state index is 12.8. The monoisotopic (exact) mass is 305 g/mol. The van der Waals surface area contributed by atoms with Gasteiger partial charge < -0.3 is 0 Å². The van der Waals surface area contributed by atoms with Gasteiger partial charge in [-0.3, -0.25) is 4.68 Å². The van der Waals surface area contributed by atoms with Crippen molar-refractivity contribution < 1.29 is 8.42 Å². The molecule has 1 saturated carbocycles. The number of rotatable bonds is 5. The van der Waals surface area contributed by atoms with Crippen LogP contribution in [0.3, 0.4) is 0 Å². The molecule has 1 aliphatic carbocycles. The Hall–Kier alpha value is -0.590. The molecule has 5 nitrogen and oxygen atoms in total. The normalized spacial score (nSPS) is 16.9. The molecule has 1 fully saturated rings. The molecule has 1 aromatic rings. The molecule has 0 unspecified atom stereocenters. The summed E-state index contributed by atoms with van der Waals surface area (Å²) in [6.45, 7) is 3.88. The first-order valence-corrected chi connectivity index (χ1v) is 8.45. The lowest BCUT2D eigenvalue weighted by molar-refractivity contribution is 0.227. The largest absolute Gasteiger partial charge is 0.271 e. The van der Waals surface area contributed by atoms with E-state index in [9.17, 15) is 8.42 Å². The van der Waals surface area contributed by atoms with Crippen LogP contribution in [-0.4, -0.2) is 41.0 Å². The maximum absolute atomic E-state index is 12.8. The zero-order valence-electron chi connectivity index (χ0n) is 11.6. The van der Waals surface area contributed by atoms with Gasteiger partial charge >= 0.3 is 0 Å². The van der Waals surface area contributed by atoms with Crippen molar-refractivity contribution in [3.8, 4) is 0 Å². The van der Waals surface area contributed by atoms with Gasteiger partial charge in [-0.05, 0) is 26.7 Å². The van der Waals surface area contributed by atoms with Gasteiger partial charge in [0.05, 0.1) is 11.4 Å². The third kappa shape index (κ3) is 2.53. The van der Waals surface area contributed by atoms with Crippen LogP contribution < -0.4 is 0 Å². The predicted molar refractivity (Wildman–Crippen MR) is 74.9 cm³/mol. The number of halogens is 1. The Morgan fingerprint density at radius 1 is 1.42 bits per heavy atom. The molecule has 0 atom stereocenters. The number of hydrogen-bond donors (Lipinski definition) is 0. The minimum Gasteiger partial charge on any atom is -0.271 e. The quantitative estimate of drug-likeness (QED) is 0.780. The molecular formula is C12H20ClN3O2S. The summed E-state index contributed by atoms with van der Waals surface area (Å²) in [5.74, 6) is 0.314. The second-order valence-corrected chi connectivity index (χ2v) is 7.22. The van der Waals surface area contributed by atoms with Crippen molar-refractivity contribution in [1.82, 2.24) is 14.1 Å². The van der Waals surface area contributed by atoms with E-state index in [1.54, 1.807) is 29.9 Å². The van der Waals surface area contributed by atoms with E-state index in [0.29, 0.717) is 28.7 Å². The van der Waals surface area contributed by atoms with E-state index in [1.165, 1.54) is 0 Å². The lowest BCUT2D eigenvalue weighted by atomic mass is 9.93. The Bertz CT molecular complexity index is 564. The fourth-order valence-corrected chi connectivity index (χ4v) is 4.87. The van der Waals surface area contributed by atoms with Crippen molar-refractivity contribution in [1.29, 1.82) is 0 Å². The Labute approximate surface area is 119 Å². The average molecular weight is 306 g/mol. The molecule has 0 spiro atoms. The zero-order chi connectivity index (χ0) is 14.2. The molecule has 0 aliphatic heterocycles. The molecule has 19 heavy (non-hydrogen) atoms. The van der Waals surface area contributed by atoms with E-state index < -0.39 is 10.0 Å². The van der Waals surface area contributed by atoms with Crippen LogP contribution in [0.5, 0.6) is 0 Å². The Morgan fingerprint density at radius 3 is 2.42 bits per heavy atom. The number of alkyl halides is 1. The fourth-order valence-electron chi connectivity index (χ4n) is 2.50. The predicted octanol–water partition coefficient (Wildman–Crippen LogP) is 1.82. The number of aryl methyl sites for hydroxylation is 2. The van der Waals surface area contributed by atoms with Gasteiger partial charge in [0, 0.05) is 25.5 Å². The topological polar surface area (TPSA) is 55.2 Å². The number of sulfonamides is 1. The van der Waals surface area contributed by atoms with E-state index in [2.05, 4.69) is 5.10 Å². The van der Waals surface area contributed by atoms with Crippen LogP contribution in [0.4, 0.5) is 0 Å². The standard InChI is InChI=1S/C12H20ClN3O2S/c1-9-12(10(2)15(3)14-9)19(17,18)16(8-7-13)11-5-4-6-11/h11H,4-8H2,1-3H3. The van der Waals surface area contributed by atoms with E-state index in [-0.39, 0.29) is 6.04 Å². The lowest BCUT2D eigenvalue weighted by Crippen LogP contribution is -2.45. The van der Waals surface area contributed by atoms with Crippen molar-refractivity contribution >= 4 is 21.6 Å². The smallest absolute Gasteiger partial charge is 0.247 e. The molecule has 1 heterocycles. The van der Waals surface area contributed by atoms with Crippen LogP contribution >= 0.6 is 11.6 Å². The van der Waals surface area contributed by atoms with Gasteiger partial charge in [0.15, 0.2) is 0 Å². The Balaban J connectivity index is 2.44. The maximum Gasteiger partial charge on any atom is 0.247 e. The summed E-state index contributed by atoms with van der Waals surface area (Å²) in [5, 5.41) is 4.20. The molecule has 0 aromatic carbocycles. The number of hydrogen-bond acceptors (Lipinski definition) is 3. The van der Waals surface area contributed by atoms with Crippen LogP contribution in [0, 0.1) is 13.8 Å². The van der Waals surface area contributed by atoms with Gasteiger partial charge in [-0.15, -0.1) is 11.6 Å². The molecule has 0 N–H and O–H groups in total. The van der Waals surface area contributed by atoms with Crippen molar-refractivity contribution in [2.45, 2.75) is 44.0 Å². The first-order valence-electron chi connectivity index (χ1n) is 6.47. The average Bonchev–Trinajstić information content (AvgIpc) is 2.50. The first-order chi connectivity index (χ1) is 8.89. The molecule has 0 radical (unpaired) electrons. The molecule has 7 heteroatoms. The highest BCUT2D eigenvalue weighted by Crippen LogP contribution is 2.31. The lowest BCUT2D eigenvalue weighted by Gasteiger charge is -2.36. The van der Waals surface area contributed by atoms with E-state index in [1.807, 2.05) is 0 Å². The summed E-state index contributed by atoms with van der Waals surface area (Å²) in [6, 6.07) is 0.0998. The van der Waals surface area contributed by atoms with Gasteiger partial charge in [0.2, 0.25) is 10.0 Å². The highest BCUT2D eigenvalue weighted by molar-refractivity contribution is 7.89. The summed E-state index contributed by atoms with van der Waals surface area (Å²) in [6.07, 6.45) is 2.94. The van der Waals surface area contributed by atoms with Crippen LogP contribution in [-0.2, 0) is 17.1 Å². The molecule has 2 rings (SSSR count). The van der Waals surface area contributed by atoms with Crippen LogP contribution in [0.1, 0.15) is 30.7 Å². The van der Waals surface area contributed by atoms with Gasteiger partial charge in [-0.2, -0.15) is 9.40 Å². The Kier molecular flexibility index (Phi) is 4.23. The van der Waals surface area contributed by atoms with Crippen LogP contribution in [0.15, 0.2) is 4.90 Å². The van der Waals surface area contributed by atoms with Crippen LogP contribution in [0.25, 0.3) is 0 Å². The van der Waals surface area contributed by atoms with E-state index >= 15 is 0 Å². The fraction of sp³-hybridized carbons (Fsp3) is 0.750. The van der Waals surface area contributed by atoms with Crippen molar-refractivity contribution in [3.05, 3.63) is 11.4 Å². The van der Waals surface area contributed by atoms with Gasteiger partial charge in [-0.25, -0.2) is 8.42 Å². The summed E-state index contributed by atoms with van der Waals surface area (Å²) >= 11 is 5.77. The first kappa shape index (κ1) is 14.8. The van der Waals surface area contributed by atoms with Gasteiger partial charge in [0.25, 0.3) is 0 Å². The molecule has 0 amide bonds. The van der Waals surface area contributed by atoms with Crippen LogP contribution in [0.2, 0.25) is 0 Å². The summed E-state index contributed by atoms with van der Waals surface area (Å²) in [4.78, 5) is 0.340. The minimum absolute atomic E-state index is 0.0998. The zero-order valence-corrected chi connectivity index (χ0v) is 13.1. The van der Waals surface area contributed by atoms with Gasteiger partial charge in [-0.1, -0.05) is 6.42 Å². The summed E-state index contributed by atoms with van der Waals surface area (Å²) < 4.78 is 28.8. The molecule has 108 valence electrons. The van der Waals surface area contributed by atoms with E-state index in [0.717, 1.165) is 19.3 Å². The third-order valence-corrected chi connectivity index (χ3v) is 6.17. The summed E-state index contributed by atoms with van der Waals surface area (Å²) in [5.41, 5.74) is 1.23. The number of aromatic nitrogens is 2. The van der Waals surface area contributed by atoms with Crippen molar-refractivity contribution in [3.63, 3.8) is 0 Å². The highest BCUT2D eigenvalue weighted by Gasteiger charge is 2.37. The molecule has 0 saturated heterocycles. The van der Waals surface area contributed by atoms with Gasteiger partial charge in [0.1, 0.15) is 4.90 Å². The SMILES string of the molecule is Cc1nn(C)c(C)c1S(=O)(=O)N(CCCl)C1CCC1. The molecule has 0 bridgehead atoms. The molecule has 1 aromatic heterocycles. The second kappa shape index (κ2) is 5.42. The second-order valence-electron chi connectivity index (χ2n) is 5.01. The Morgan fingerprint density at radius 2 is 2.05 bits per heavy atom. The highest BCUT2D eigenvalue weighted by atomic mass is 35.5. The third-order valence-electron chi connectivity index (χ3n) is 3.80. The number of nitrogens with zero attached hydrogens (tertiary/aromatic N) is 3. The minimum atomic E-state index is -3.50. The van der Waals surface area contributed by atoms with E-state index in [4.69, 9.17) is 11.6 Å².